The van der Waals surface area contributed by atoms with Crippen LogP contribution in [0, 0.1) is 11.7 Å². The number of hydrogen-bond donors (Lipinski definition) is 5. The van der Waals surface area contributed by atoms with Crippen LogP contribution in [0.3, 0.4) is 0 Å². The van der Waals surface area contributed by atoms with Gasteiger partial charge in [-0.15, -0.1) is 0 Å². The highest BCUT2D eigenvalue weighted by Gasteiger charge is 2.33. The van der Waals surface area contributed by atoms with Crippen LogP contribution in [0.5, 0.6) is 5.75 Å². The monoisotopic (exact) mass is 794 g/mol. The van der Waals surface area contributed by atoms with Gasteiger partial charge in [0.2, 0.25) is 11.8 Å². The van der Waals surface area contributed by atoms with Crippen LogP contribution in [0.25, 0.3) is 22.0 Å². The van der Waals surface area contributed by atoms with Crippen molar-refractivity contribution in [3.8, 4) is 16.9 Å². The summed E-state index contributed by atoms with van der Waals surface area (Å²) in [5, 5.41) is 19.4. The molecule has 0 fully saturated rings. The highest BCUT2D eigenvalue weighted by molar-refractivity contribution is 5.96. The first kappa shape index (κ1) is 40.1. The largest absolute Gasteiger partial charge is 0.484 e. The Labute approximate surface area is 340 Å². The van der Waals surface area contributed by atoms with Crippen LogP contribution in [0.1, 0.15) is 28.7 Å². The van der Waals surface area contributed by atoms with E-state index in [1.807, 2.05) is 78.9 Å². The Morgan fingerprint density at radius 3 is 2.00 bits per heavy atom. The normalized spacial score (nSPS) is 19.4. The van der Waals surface area contributed by atoms with Gasteiger partial charge in [-0.1, -0.05) is 103 Å². The number of halogens is 1. The van der Waals surface area contributed by atoms with Crippen LogP contribution < -0.4 is 20.7 Å². The van der Waals surface area contributed by atoms with E-state index in [1.54, 1.807) is 36.5 Å². The summed E-state index contributed by atoms with van der Waals surface area (Å²) in [6.07, 6.45) is 1.06. The van der Waals surface area contributed by atoms with E-state index in [4.69, 9.17) is 4.74 Å². The Morgan fingerprint density at radius 1 is 0.644 bits per heavy atom. The molecule has 6 aromatic rings. The number of carbonyl (C=O) groups is 5. The molecule has 0 saturated carbocycles. The van der Waals surface area contributed by atoms with Crippen LogP contribution >= 0.6 is 0 Å². The number of para-hydroxylation sites is 1. The molecule has 5 N–H and O–H groups in total. The number of ketones is 1. The van der Waals surface area contributed by atoms with Crippen LogP contribution in [0.2, 0.25) is 0 Å². The van der Waals surface area contributed by atoms with E-state index in [1.165, 1.54) is 18.2 Å². The number of rotatable bonds is 8. The van der Waals surface area contributed by atoms with Crippen molar-refractivity contribution >= 4 is 40.4 Å². The van der Waals surface area contributed by atoms with Gasteiger partial charge in [0.15, 0.2) is 12.4 Å². The number of hydrogen-bond acceptors (Lipinski definition) is 6. The predicted molar refractivity (Wildman–Crippen MR) is 220 cm³/mol. The summed E-state index contributed by atoms with van der Waals surface area (Å²) < 4.78 is 20.8. The standard InChI is InChI=1S/C47H43FN4O7/c48-38-12-6-4-10-33(38)24-40-43(53)26-34(47(57)58)22-29-16-20-36(21-17-29)59-28-44(54)50-42(25-35-27-49-39-13-7-5-11-37(35)39)46(56)52-41(45(55)51-40)23-30-14-18-32(19-15-30)31-8-2-1-3-9-31/h1-21,27,34,40-42,49H,22-26,28H2,(H,50,54)(H,51,55)(H,52,56)(H,57,58)/t34-,40+,41-,42+/m1/s1. The fourth-order valence-electron chi connectivity index (χ4n) is 7.34. The lowest BCUT2D eigenvalue weighted by molar-refractivity contribution is -0.144. The summed E-state index contributed by atoms with van der Waals surface area (Å²) in [5.41, 5.74) is 4.93. The maximum Gasteiger partial charge on any atom is 0.307 e. The smallest absolute Gasteiger partial charge is 0.307 e. The number of carbonyl (C=O) groups excluding carboxylic acids is 4. The minimum absolute atomic E-state index is 0.0180. The Balaban J connectivity index is 1.25. The average Bonchev–Trinajstić information content (AvgIpc) is 3.65. The van der Waals surface area contributed by atoms with Crippen LogP contribution in [-0.2, 0) is 49.7 Å². The van der Waals surface area contributed by atoms with E-state index in [9.17, 15) is 29.1 Å². The van der Waals surface area contributed by atoms with Crippen molar-refractivity contribution in [2.24, 2.45) is 5.92 Å². The van der Waals surface area contributed by atoms with Crippen molar-refractivity contribution in [3.05, 3.63) is 162 Å². The molecule has 2 aliphatic rings. The molecule has 0 saturated heterocycles. The van der Waals surface area contributed by atoms with Crippen LogP contribution in [-0.4, -0.2) is 64.3 Å². The van der Waals surface area contributed by atoms with E-state index in [-0.39, 0.29) is 31.2 Å². The fraction of sp³-hybridized carbons (Fsp3) is 0.213. The molecule has 4 atom stereocenters. The molecule has 3 amide bonds. The molecule has 300 valence electrons. The van der Waals surface area contributed by atoms with Crippen LogP contribution in [0.15, 0.2) is 134 Å². The molecule has 0 spiro atoms. The minimum atomic E-state index is -1.35. The highest BCUT2D eigenvalue weighted by atomic mass is 19.1. The highest BCUT2D eigenvalue weighted by Crippen LogP contribution is 2.23. The molecule has 2 aliphatic heterocycles. The maximum atomic E-state index is 15.1. The van der Waals surface area contributed by atoms with Gasteiger partial charge in [0.05, 0.1) is 12.0 Å². The van der Waals surface area contributed by atoms with Gasteiger partial charge in [-0.25, -0.2) is 4.39 Å². The number of aliphatic carboxylic acids is 1. The number of ether oxygens (including phenoxy) is 1. The second-order valence-electron chi connectivity index (χ2n) is 14.7. The number of H-pyrrole nitrogens is 1. The van der Waals surface area contributed by atoms with E-state index >= 15 is 4.39 Å². The zero-order valence-corrected chi connectivity index (χ0v) is 32.0. The zero-order chi connectivity index (χ0) is 41.3. The van der Waals surface area contributed by atoms with Gasteiger partial charge in [0.25, 0.3) is 5.91 Å². The first-order chi connectivity index (χ1) is 28.6. The Kier molecular flexibility index (Phi) is 12.6. The summed E-state index contributed by atoms with van der Waals surface area (Å²) in [7, 11) is 0. The van der Waals surface area contributed by atoms with Crippen molar-refractivity contribution in [1.29, 1.82) is 0 Å². The van der Waals surface area contributed by atoms with Gasteiger partial charge in [-0.2, -0.15) is 0 Å². The summed E-state index contributed by atoms with van der Waals surface area (Å²) in [4.78, 5) is 72.1. The second-order valence-corrected chi connectivity index (χ2v) is 14.7. The van der Waals surface area contributed by atoms with Gasteiger partial charge in [-0.05, 0) is 64.1 Å². The van der Waals surface area contributed by atoms with Gasteiger partial charge in [0.1, 0.15) is 23.7 Å². The van der Waals surface area contributed by atoms with Crippen molar-refractivity contribution in [2.75, 3.05) is 6.61 Å². The first-order valence-electron chi connectivity index (χ1n) is 19.4. The third-order valence-corrected chi connectivity index (χ3v) is 10.5. The first-order valence-corrected chi connectivity index (χ1v) is 19.4. The van der Waals surface area contributed by atoms with Crippen LogP contribution in [0.4, 0.5) is 4.39 Å². The van der Waals surface area contributed by atoms with Gasteiger partial charge in [-0.3, -0.25) is 24.0 Å². The number of benzene rings is 5. The van der Waals surface area contributed by atoms with E-state index in [2.05, 4.69) is 20.9 Å². The third-order valence-electron chi connectivity index (χ3n) is 10.5. The van der Waals surface area contributed by atoms with Crippen molar-refractivity contribution < 1.29 is 38.2 Å². The number of fused-ring (bicyclic) bond motifs is 17. The number of carboxylic acids is 1. The average molecular weight is 795 g/mol. The lowest BCUT2D eigenvalue weighted by Gasteiger charge is -2.26. The SMILES string of the molecule is O=C1COc2ccc(cc2)C[C@@H](C(=O)O)CC(=O)[C@H](Cc2ccccc2F)NC(=O)[C@@H](Cc2ccc(-c3ccccc3)cc2)NC(=O)[C@H](Cc2c[nH]c3ccccc23)N1. The van der Waals surface area contributed by atoms with Crippen molar-refractivity contribution in [2.45, 2.75) is 50.2 Å². The predicted octanol–water partition coefficient (Wildman–Crippen LogP) is 5.75. The molecule has 0 radical (unpaired) electrons. The molecule has 11 nitrogen and oxygen atoms in total. The Morgan fingerprint density at radius 2 is 1.27 bits per heavy atom. The summed E-state index contributed by atoms with van der Waals surface area (Å²) in [6.45, 7) is -0.432. The lowest BCUT2D eigenvalue weighted by atomic mass is 9.90. The topological polar surface area (TPSA) is 167 Å². The molecular formula is C47H43FN4O7. The maximum absolute atomic E-state index is 15.1. The third kappa shape index (κ3) is 10.3. The molecule has 1 aromatic heterocycles. The number of carboxylic acid groups (broad SMARTS) is 1. The number of aromatic amines is 1. The molecule has 0 unspecified atom stereocenters. The second kappa shape index (κ2) is 18.5. The minimum Gasteiger partial charge on any atom is -0.484 e. The fourth-order valence-corrected chi connectivity index (χ4v) is 7.34. The van der Waals surface area contributed by atoms with Gasteiger partial charge < -0.3 is 30.8 Å². The molecule has 2 bridgehead atoms. The molecule has 12 heteroatoms. The number of aromatic nitrogens is 1. The quantitative estimate of drug-likeness (QED) is 0.122. The van der Waals surface area contributed by atoms with E-state index < -0.39 is 72.4 Å². The van der Waals surface area contributed by atoms with Crippen molar-refractivity contribution in [1.82, 2.24) is 20.9 Å². The number of nitrogens with one attached hydrogen (secondary N) is 4. The molecule has 0 aliphatic carbocycles. The summed E-state index contributed by atoms with van der Waals surface area (Å²) in [6, 6.07) is 33.2. The Hall–Kier alpha value is -7.08. The van der Waals surface area contributed by atoms with Gasteiger partial charge in [0, 0.05) is 42.8 Å². The van der Waals surface area contributed by atoms with Gasteiger partial charge >= 0.3 is 5.97 Å². The molecular weight excluding hydrogens is 752 g/mol. The molecule has 59 heavy (non-hydrogen) atoms. The summed E-state index contributed by atoms with van der Waals surface area (Å²) in [5.74, 6) is -5.29. The van der Waals surface area contributed by atoms with Crippen molar-refractivity contribution in [3.63, 3.8) is 0 Å². The molecule has 3 heterocycles. The number of amides is 3. The molecule has 5 aromatic carbocycles. The van der Waals surface area contributed by atoms with E-state index in [0.29, 0.717) is 16.9 Å². The lowest BCUT2D eigenvalue weighted by Crippen LogP contribution is -2.57. The van der Waals surface area contributed by atoms with E-state index in [0.717, 1.165) is 27.6 Å². The summed E-state index contributed by atoms with van der Waals surface area (Å²) >= 11 is 0. The number of Topliss-reactive ketones (excluding diaryl/α,β-unsaturated/α-hetero) is 1. The Bertz CT molecular complexity index is 2450. The zero-order valence-electron chi connectivity index (χ0n) is 32.0. The molecule has 8 rings (SSSR count).